The fourth-order valence-electron chi connectivity index (χ4n) is 4.98. The van der Waals surface area contributed by atoms with Crippen LogP contribution in [0, 0.1) is 6.92 Å². The third-order valence-electron chi connectivity index (χ3n) is 6.69. The summed E-state index contributed by atoms with van der Waals surface area (Å²) >= 11 is 0. The lowest BCUT2D eigenvalue weighted by atomic mass is 9.80. The van der Waals surface area contributed by atoms with E-state index in [4.69, 9.17) is 0 Å². The molecule has 0 N–H and O–H groups in total. The van der Waals surface area contributed by atoms with Crippen molar-refractivity contribution in [2.45, 2.75) is 31.1 Å². The highest BCUT2D eigenvalue weighted by molar-refractivity contribution is 8.32. The van der Waals surface area contributed by atoms with Gasteiger partial charge in [0.2, 0.25) is 0 Å². The predicted octanol–water partition coefficient (Wildman–Crippen LogP) is 8.17. The van der Waals surface area contributed by atoms with Crippen LogP contribution in [0.15, 0.2) is 77.7 Å². The largest absolute Gasteiger partial charge is 0.223 e. The summed E-state index contributed by atoms with van der Waals surface area (Å²) in [5.41, 5.74) is 9.74. The van der Waals surface area contributed by atoms with Crippen LogP contribution in [0.2, 0.25) is 0 Å². The molecule has 0 atom stereocenters. The Morgan fingerprint density at radius 1 is 0.667 bits per heavy atom. The first-order valence-electron chi connectivity index (χ1n) is 10.6. The van der Waals surface area contributed by atoms with Crippen molar-refractivity contribution in [3.63, 3.8) is 0 Å². The molecule has 4 aromatic rings. The summed E-state index contributed by atoms with van der Waals surface area (Å²) in [4.78, 5) is 1.46. The standard InChI is InChI=1S/C29H30S/c1-19-14-15-24-26(16-19)29(2,3)27-18-25(22-12-7-8-13-23(22)28(24)27)20-10-9-11-21(17-20)30(4,5)6/h7-18H,1-6H3. The Kier molecular flexibility index (Phi) is 4.21. The van der Waals surface area contributed by atoms with E-state index in [1.165, 1.54) is 54.6 Å². The molecule has 1 aliphatic carbocycles. The van der Waals surface area contributed by atoms with Crippen LogP contribution in [-0.4, -0.2) is 18.8 Å². The maximum absolute atomic E-state index is 2.48. The average molecular weight is 411 g/mol. The zero-order chi connectivity index (χ0) is 21.3. The third kappa shape index (κ3) is 2.83. The molecule has 0 aromatic heterocycles. The molecule has 152 valence electrons. The molecule has 1 aliphatic rings. The fourth-order valence-corrected chi connectivity index (χ4v) is 5.95. The van der Waals surface area contributed by atoms with Gasteiger partial charge in [-0.1, -0.05) is 80.1 Å². The van der Waals surface area contributed by atoms with Crippen LogP contribution in [0.5, 0.6) is 0 Å². The maximum Gasteiger partial charge on any atom is 0.0159 e. The minimum Gasteiger partial charge on any atom is -0.223 e. The Labute approximate surface area is 182 Å². The zero-order valence-corrected chi connectivity index (χ0v) is 19.7. The number of benzene rings is 4. The molecule has 30 heavy (non-hydrogen) atoms. The topological polar surface area (TPSA) is 0 Å². The van der Waals surface area contributed by atoms with Crippen molar-refractivity contribution >= 4 is 20.8 Å². The Balaban J connectivity index is 1.86. The molecular weight excluding hydrogens is 380 g/mol. The maximum atomic E-state index is 2.48. The first-order valence-corrected chi connectivity index (χ1v) is 13.5. The zero-order valence-electron chi connectivity index (χ0n) is 18.8. The summed E-state index contributed by atoms with van der Waals surface area (Å²) in [5.74, 6) is 0. The predicted molar refractivity (Wildman–Crippen MR) is 135 cm³/mol. The Bertz CT molecular complexity index is 1300. The Morgan fingerprint density at radius 3 is 2.13 bits per heavy atom. The van der Waals surface area contributed by atoms with Crippen molar-refractivity contribution < 1.29 is 0 Å². The quantitative estimate of drug-likeness (QED) is 0.312. The molecule has 0 radical (unpaired) electrons. The van der Waals surface area contributed by atoms with E-state index in [1.807, 2.05) is 0 Å². The molecule has 4 aromatic carbocycles. The van der Waals surface area contributed by atoms with Crippen molar-refractivity contribution in [1.29, 1.82) is 0 Å². The minimum absolute atomic E-state index is 0.00234. The molecule has 1 heteroatoms. The second kappa shape index (κ2) is 6.49. The van der Waals surface area contributed by atoms with Crippen molar-refractivity contribution in [2.24, 2.45) is 0 Å². The first-order chi connectivity index (χ1) is 14.2. The molecule has 0 saturated heterocycles. The van der Waals surface area contributed by atoms with Crippen LogP contribution >= 0.6 is 10.0 Å². The van der Waals surface area contributed by atoms with E-state index in [-0.39, 0.29) is 5.41 Å². The smallest absolute Gasteiger partial charge is 0.0159 e. The minimum atomic E-state index is -0.769. The summed E-state index contributed by atoms with van der Waals surface area (Å²) in [7, 11) is -0.769. The SMILES string of the molecule is Cc1ccc2c(c1)C(C)(C)c1cc(-c3cccc(S(C)(C)C)c3)c3ccccc3c1-2. The van der Waals surface area contributed by atoms with Gasteiger partial charge in [-0.2, -0.15) is 0 Å². The third-order valence-corrected chi connectivity index (χ3v) is 8.36. The number of hydrogen-bond acceptors (Lipinski definition) is 0. The molecule has 0 aliphatic heterocycles. The average Bonchev–Trinajstić information content (AvgIpc) is 2.94. The lowest BCUT2D eigenvalue weighted by Crippen LogP contribution is -2.15. The normalized spacial score (nSPS) is 15.1. The van der Waals surface area contributed by atoms with Gasteiger partial charge in [-0.3, -0.25) is 0 Å². The van der Waals surface area contributed by atoms with Crippen LogP contribution in [-0.2, 0) is 5.41 Å². The van der Waals surface area contributed by atoms with Crippen molar-refractivity contribution in [3.05, 3.63) is 89.5 Å². The van der Waals surface area contributed by atoms with Crippen molar-refractivity contribution in [1.82, 2.24) is 0 Å². The van der Waals surface area contributed by atoms with Crippen LogP contribution in [0.1, 0.15) is 30.5 Å². The van der Waals surface area contributed by atoms with E-state index in [2.05, 4.69) is 112 Å². The van der Waals surface area contributed by atoms with Gasteiger partial charge in [0.25, 0.3) is 0 Å². The summed E-state index contributed by atoms with van der Waals surface area (Å²) < 4.78 is 0. The highest BCUT2D eigenvalue weighted by Gasteiger charge is 2.37. The van der Waals surface area contributed by atoms with Crippen LogP contribution < -0.4 is 0 Å². The summed E-state index contributed by atoms with van der Waals surface area (Å²) in [6, 6.07) is 27.6. The lowest BCUT2D eigenvalue weighted by Gasteiger charge is -2.27. The van der Waals surface area contributed by atoms with Gasteiger partial charge in [-0.15, -0.1) is 0 Å². The monoisotopic (exact) mass is 410 g/mol. The molecule has 0 unspecified atom stereocenters. The van der Waals surface area contributed by atoms with Gasteiger partial charge in [-0.05, 0) is 86.9 Å². The molecule has 0 nitrogen and oxygen atoms in total. The van der Waals surface area contributed by atoms with Gasteiger partial charge in [0, 0.05) is 5.41 Å². The van der Waals surface area contributed by atoms with E-state index in [0.717, 1.165) is 0 Å². The molecule has 5 rings (SSSR count). The van der Waals surface area contributed by atoms with E-state index in [1.54, 1.807) is 0 Å². The molecule has 0 saturated carbocycles. The summed E-state index contributed by atoms with van der Waals surface area (Å²) in [6.45, 7) is 6.96. The molecule has 0 amide bonds. The van der Waals surface area contributed by atoms with Crippen LogP contribution in [0.25, 0.3) is 33.0 Å². The summed E-state index contributed by atoms with van der Waals surface area (Å²) in [5, 5.41) is 2.72. The fraction of sp³-hybridized carbons (Fsp3) is 0.241. The highest BCUT2D eigenvalue weighted by Crippen LogP contribution is 2.54. The second-order valence-electron chi connectivity index (χ2n) is 9.93. The van der Waals surface area contributed by atoms with Gasteiger partial charge >= 0.3 is 0 Å². The molecule has 0 fully saturated rings. The van der Waals surface area contributed by atoms with Gasteiger partial charge in [0.15, 0.2) is 0 Å². The van der Waals surface area contributed by atoms with Gasteiger partial charge < -0.3 is 0 Å². The highest BCUT2D eigenvalue weighted by atomic mass is 32.3. The first kappa shape index (κ1) is 19.5. The van der Waals surface area contributed by atoms with E-state index >= 15 is 0 Å². The van der Waals surface area contributed by atoms with Crippen molar-refractivity contribution in [3.8, 4) is 22.3 Å². The van der Waals surface area contributed by atoms with Crippen molar-refractivity contribution in [2.75, 3.05) is 18.8 Å². The second-order valence-corrected chi connectivity index (χ2v) is 14.1. The molecular formula is C29H30S. The molecule has 0 bridgehead atoms. The van der Waals surface area contributed by atoms with Crippen LogP contribution in [0.4, 0.5) is 0 Å². The Hall–Kier alpha value is -2.51. The van der Waals surface area contributed by atoms with Crippen LogP contribution in [0.3, 0.4) is 0 Å². The van der Waals surface area contributed by atoms with Gasteiger partial charge in [-0.25, -0.2) is 10.0 Å². The lowest BCUT2D eigenvalue weighted by molar-refractivity contribution is 0.660. The van der Waals surface area contributed by atoms with E-state index < -0.39 is 10.0 Å². The number of rotatable bonds is 2. The summed E-state index contributed by atoms with van der Waals surface area (Å²) in [6.07, 6.45) is 7.11. The van der Waals surface area contributed by atoms with E-state index in [0.29, 0.717) is 0 Å². The molecule has 0 heterocycles. The van der Waals surface area contributed by atoms with Gasteiger partial charge in [0.05, 0.1) is 0 Å². The van der Waals surface area contributed by atoms with E-state index in [9.17, 15) is 0 Å². The number of fused-ring (bicyclic) bond motifs is 5. The number of aryl methyl sites for hydroxylation is 1. The number of hydrogen-bond donors (Lipinski definition) is 0. The van der Waals surface area contributed by atoms with Gasteiger partial charge in [0.1, 0.15) is 0 Å². The Morgan fingerprint density at radius 2 is 1.40 bits per heavy atom. The molecule has 0 spiro atoms.